The van der Waals surface area contributed by atoms with E-state index in [-0.39, 0.29) is 18.4 Å². The predicted octanol–water partition coefficient (Wildman–Crippen LogP) is 0.123. The summed E-state index contributed by atoms with van der Waals surface area (Å²) in [4.78, 5) is 22.6. The van der Waals surface area contributed by atoms with Gasteiger partial charge in [0.15, 0.2) is 0 Å². The second-order valence-corrected chi connectivity index (χ2v) is 4.70. The van der Waals surface area contributed by atoms with Crippen LogP contribution in [0.25, 0.3) is 0 Å². The Hall–Kier alpha value is -1.92. The molecule has 2 rings (SSSR count). The molecule has 0 spiro atoms. The highest BCUT2D eigenvalue weighted by atomic mass is 16.5. The Balaban J connectivity index is 1.86. The number of imide groups is 1. The Morgan fingerprint density at radius 3 is 2.70 bits per heavy atom. The first-order valence-corrected chi connectivity index (χ1v) is 6.49. The van der Waals surface area contributed by atoms with E-state index in [0.717, 1.165) is 11.3 Å². The van der Waals surface area contributed by atoms with Crippen molar-refractivity contribution in [2.45, 2.75) is 25.0 Å². The monoisotopic (exact) mass is 278 g/mol. The Bertz CT molecular complexity index is 486. The number of rotatable bonds is 5. The molecule has 108 valence electrons. The highest BCUT2D eigenvalue weighted by Gasteiger charge is 2.26. The lowest BCUT2D eigenvalue weighted by Crippen LogP contribution is -2.51. The zero-order valence-corrected chi connectivity index (χ0v) is 11.3. The highest BCUT2D eigenvalue weighted by molar-refractivity contribution is 6.00. The summed E-state index contributed by atoms with van der Waals surface area (Å²) in [5.74, 6) is 0.144. The van der Waals surface area contributed by atoms with E-state index < -0.39 is 12.1 Å². The summed E-state index contributed by atoms with van der Waals surface area (Å²) >= 11 is 0. The molecule has 2 unspecified atom stereocenters. The molecule has 1 aromatic rings. The van der Waals surface area contributed by atoms with Gasteiger partial charge in [0, 0.05) is 13.0 Å². The minimum absolute atomic E-state index is 0.247. The summed E-state index contributed by atoms with van der Waals surface area (Å²) in [5, 5.41) is 15.3. The molecule has 2 amide bonds. The molecule has 1 saturated heterocycles. The Kier molecular flexibility index (Phi) is 4.70. The van der Waals surface area contributed by atoms with Crippen molar-refractivity contribution in [1.82, 2.24) is 10.6 Å². The molecule has 1 aromatic carbocycles. The molecule has 6 nitrogen and oxygen atoms in total. The van der Waals surface area contributed by atoms with Gasteiger partial charge in [-0.2, -0.15) is 0 Å². The molecule has 1 aliphatic rings. The topological polar surface area (TPSA) is 87.7 Å². The third-order valence-corrected chi connectivity index (χ3v) is 3.30. The van der Waals surface area contributed by atoms with E-state index >= 15 is 0 Å². The van der Waals surface area contributed by atoms with E-state index in [4.69, 9.17) is 4.74 Å². The summed E-state index contributed by atoms with van der Waals surface area (Å²) < 4.78 is 5.05. The van der Waals surface area contributed by atoms with Crippen LogP contribution in [-0.2, 0) is 9.59 Å². The third kappa shape index (κ3) is 3.55. The molecular weight excluding hydrogens is 260 g/mol. The fourth-order valence-electron chi connectivity index (χ4n) is 2.09. The predicted molar refractivity (Wildman–Crippen MR) is 72.1 cm³/mol. The summed E-state index contributed by atoms with van der Waals surface area (Å²) in [5.41, 5.74) is 0.741. The minimum Gasteiger partial charge on any atom is -0.497 e. The Morgan fingerprint density at radius 1 is 1.40 bits per heavy atom. The number of ether oxygens (including phenoxy) is 1. The Morgan fingerprint density at radius 2 is 2.10 bits per heavy atom. The van der Waals surface area contributed by atoms with E-state index in [1.54, 1.807) is 31.4 Å². The first-order chi connectivity index (χ1) is 9.60. The van der Waals surface area contributed by atoms with Crippen molar-refractivity contribution >= 4 is 11.8 Å². The summed E-state index contributed by atoms with van der Waals surface area (Å²) in [7, 11) is 1.58. The van der Waals surface area contributed by atoms with Crippen molar-refractivity contribution in [1.29, 1.82) is 0 Å². The molecule has 0 bridgehead atoms. The van der Waals surface area contributed by atoms with E-state index in [0.29, 0.717) is 12.8 Å². The number of hydrogen-bond donors (Lipinski definition) is 3. The average molecular weight is 278 g/mol. The maximum Gasteiger partial charge on any atom is 0.243 e. The Labute approximate surface area is 117 Å². The second-order valence-electron chi connectivity index (χ2n) is 4.70. The molecule has 0 aliphatic carbocycles. The molecule has 2 atom stereocenters. The van der Waals surface area contributed by atoms with Gasteiger partial charge in [0.25, 0.3) is 0 Å². The SMILES string of the molecule is COc1ccc(C(O)CNC2CCC(=O)NC2=O)cc1. The lowest BCUT2D eigenvalue weighted by Gasteiger charge is -2.23. The summed E-state index contributed by atoms with van der Waals surface area (Å²) in [6, 6.07) is 6.65. The molecule has 1 heterocycles. The van der Waals surface area contributed by atoms with Gasteiger partial charge in [0.2, 0.25) is 11.8 Å². The number of benzene rings is 1. The molecule has 1 aliphatic heterocycles. The lowest BCUT2D eigenvalue weighted by molar-refractivity contribution is -0.134. The quantitative estimate of drug-likeness (QED) is 0.666. The number of hydrogen-bond acceptors (Lipinski definition) is 5. The molecule has 1 fully saturated rings. The smallest absolute Gasteiger partial charge is 0.243 e. The van der Waals surface area contributed by atoms with Crippen molar-refractivity contribution in [3.63, 3.8) is 0 Å². The first-order valence-electron chi connectivity index (χ1n) is 6.49. The lowest BCUT2D eigenvalue weighted by atomic mass is 10.0. The van der Waals surface area contributed by atoms with E-state index in [2.05, 4.69) is 10.6 Å². The molecule has 0 aromatic heterocycles. The van der Waals surface area contributed by atoms with Crippen molar-refractivity contribution in [3.8, 4) is 5.75 Å². The van der Waals surface area contributed by atoms with E-state index in [9.17, 15) is 14.7 Å². The summed E-state index contributed by atoms with van der Waals surface area (Å²) in [6.45, 7) is 0.249. The van der Waals surface area contributed by atoms with Crippen molar-refractivity contribution in [3.05, 3.63) is 29.8 Å². The number of aliphatic hydroxyl groups excluding tert-OH is 1. The third-order valence-electron chi connectivity index (χ3n) is 3.30. The van der Waals surface area contributed by atoms with Crippen molar-refractivity contribution in [2.75, 3.05) is 13.7 Å². The van der Waals surface area contributed by atoms with Crippen LogP contribution in [0.4, 0.5) is 0 Å². The molecule has 0 radical (unpaired) electrons. The van der Waals surface area contributed by atoms with Crippen molar-refractivity contribution < 1.29 is 19.4 Å². The van der Waals surface area contributed by atoms with Crippen LogP contribution in [0.5, 0.6) is 5.75 Å². The summed E-state index contributed by atoms with van der Waals surface area (Å²) in [6.07, 6.45) is 0.0634. The number of nitrogens with one attached hydrogen (secondary N) is 2. The van der Waals surface area contributed by atoms with Crippen molar-refractivity contribution in [2.24, 2.45) is 0 Å². The van der Waals surface area contributed by atoms with E-state index in [1.807, 2.05) is 0 Å². The standard InChI is InChI=1S/C14H18N2O4/c1-20-10-4-2-9(3-5-10)12(17)8-15-11-6-7-13(18)16-14(11)19/h2-5,11-12,15,17H,6-8H2,1H3,(H,16,18,19). The van der Waals surface area contributed by atoms with Crippen LogP contribution < -0.4 is 15.4 Å². The number of carbonyl (C=O) groups excluding carboxylic acids is 2. The number of methoxy groups -OCH3 is 1. The van der Waals surface area contributed by atoms with Gasteiger partial charge in [0.05, 0.1) is 19.3 Å². The van der Waals surface area contributed by atoms with Gasteiger partial charge in [-0.15, -0.1) is 0 Å². The van der Waals surface area contributed by atoms with Crippen LogP contribution in [-0.4, -0.2) is 36.6 Å². The van der Waals surface area contributed by atoms with Gasteiger partial charge in [-0.05, 0) is 24.1 Å². The fourth-order valence-corrected chi connectivity index (χ4v) is 2.09. The largest absolute Gasteiger partial charge is 0.497 e. The maximum atomic E-state index is 11.5. The maximum absolute atomic E-state index is 11.5. The number of aliphatic hydroxyl groups is 1. The van der Waals surface area contributed by atoms with Gasteiger partial charge < -0.3 is 15.2 Å². The average Bonchev–Trinajstić information content (AvgIpc) is 2.46. The zero-order valence-electron chi connectivity index (χ0n) is 11.3. The molecule has 0 saturated carbocycles. The van der Waals surface area contributed by atoms with E-state index in [1.165, 1.54) is 0 Å². The second kappa shape index (κ2) is 6.49. The van der Waals surface area contributed by atoms with Crippen LogP contribution in [0.2, 0.25) is 0 Å². The van der Waals surface area contributed by atoms with Crippen LogP contribution in [0.1, 0.15) is 24.5 Å². The van der Waals surface area contributed by atoms with Gasteiger partial charge in [-0.1, -0.05) is 12.1 Å². The molecule has 3 N–H and O–H groups in total. The number of carbonyl (C=O) groups is 2. The minimum atomic E-state index is -0.716. The first kappa shape index (κ1) is 14.5. The molecule has 20 heavy (non-hydrogen) atoms. The van der Waals surface area contributed by atoms with Crippen LogP contribution in [0.15, 0.2) is 24.3 Å². The number of piperidine rings is 1. The van der Waals surface area contributed by atoms with Gasteiger partial charge >= 0.3 is 0 Å². The zero-order chi connectivity index (χ0) is 14.5. The molecule has 6 heteroatoms. The van der Waals surface area contributed by atoms with Crippen LogP contribution >= 0.6 is 0 Å². The van der Waals surface area contributed by atoms with Crippen LogP contribution in [0, 0.1) is 0 Å². The van der Waals surface area contributed by atoms with Crippen LogP contribution in [0.3, 0.4) is 0 Å². The highest BCUT2D eigenvalue weighted by Crippen LogP contribution is 2.17. The normalized spacial score (nSPS) is 20.4. The fraction of sp³-hybridized carbons (Fsp3) is 0.429. The van der Waals surface area contributed by atoms with Gasteiger partial charge in [-0.25, -0.2) is 0 Å². The van der Waals surface area contributed by atoms with Gasteiger partial charge in [-0.3, -0.25) is 14.9 Å². The molecular formula is C14H18N2O4. The van der Waals surface area contributed by atoms with Gasteiger partial charge in [0.1, 0.15) is 5.75 Å². The number of amides is 2.